The normalized spacial score (nSPS) is 25.5. The van der Waals surface area contributed by atoms with Crippen molar-refractivity contribution in [1.29, 1.82) is 0 Å². The molecule has 0 bridgehead atoms. The lowest BCUT2D eigenvalue weighted by molar-refractivity contribution is -0.522. The number of unbranched alkanes of at least 4 members (excludes halogenated alkanes) is 1. The maximum Gasteiger partial charge on any atom is 0.511 e. The predicted octanol–water partition coefficient (Wildman–Crippen LogP) is 4.20. The number of carbonyl (C=O) groups is 1. The van der Waals surface area contributed by atoms with E-state index in [1.165, 1.54) is 0 Å². The van der Waals surface area contributed by atoms with Gasteiger partial charge in [0.1, 0.15) is 5.60 Å². The molecule has 0 radical (unpaired) electrons. The van der Waals surface area contributed by atoms with Crippen molar-refractivity contribution in [1.82, 2.24) is 0 Å². The molecule has 0 aliphatic carbocycles. The first kappa shape index (κ1) is 17.2. The van der Waals surface area contributed by atoms with E-state index < -0.39 is 17.5 Å². The van der Waals surface area contributed by atoms with Gasteiger partial charge >= 0.3 is 6.16 Å². The summed E-state index contributed by atoms with van der Waals surface area (Å²) in [6.45, 7) is 12.3. The third kappa shape index (κ3) is 3.85. The lowest BCUT2D eigenvalue weighted by Crippen LogP contribution is -2.51. The van der Waals surface area contributed by atoms with Crippen molar-refractivity contribution in [3.63, 3.8) is 0 Å². The van der Waals surface area contributed by atoms with Crippen LogP contribution < -0.4 is 0 Å². The largest absolute Gasteiger partial charge is 0.511 e. The summed E-state index contributed by atoms with van der Waals surface area (Å²) in [4.78, 5) is 21.4. The van der Waals surface area contributed by atoms with Crippen LogP contribution >= 0.6 is 0 Å². The van der Waals surface area contributed by atoms with Crippen LogP contribution in [0.2, 0.25) is 0 Å². The van der Waals surface area contributed by atoms with Gasteiger partial charge in [-0.25, -0.2) is 9.68 Å². The Morgan fingerprint density at radius 2 is 1.90 bits per heavy atom. The monoisotopic (exact) mass is 288 g/mol. The highest BCUT2D eigenvalue weighted by Crippen LogP contribution is 2.41. The van der Waals surface area contributed by atoms with Gasteiger partial charge in [-0.1, -0.05) is 41.0 Å². The highest BCUT2D eigenvalue weighted by molar-refractivity contribution is 5.61. The fraction of sp³-hybridized carbons (Fsp3) is 0.933. The number of carbonyl (C=O) groups excluding carboxylic acids is 1. The van der Waals surface area contributed by atoms with Crippen molar-refractivity contribution in [2.75, 3.05) is 6.61 Å². The Balaban J connectivity index is 2.74. The van der Waals surface area contributed by atoms with Crippen molar-refractivity contribution in [3.05, 3.63) is 0 Å². The maximum atomic E-state index is 12.1. The second-order valence-corrected chi connectivity index (χ2v) is 6.63. The highest BCUT2D eigenvalue weighted by Gasteiger charge is 2.47. The van der Waals surface area contributed by atoms with Gasteiger partial charge in [0.25, 0.3) is 5.79 Å². The summed E-state index contributed by atoms with van der Waals surface area (Å²) in [6.07, 6.45) is 2.95. The first-order valence-corrected chi connectivity index (χ1v) is 7.40. The van der Waals surface area contributed by atoms with Gasteiger partial charge in [0.15, 0.2) is 6.61 Å². The predicted molar refractivity (Wildman–Crippen MR) is 75.0 cm³/mol. The quantitative estimate of drug-likeness (QED) is 0.541. The number of rotatable bonds is 6. The second kappa shape index (κ2) is 6.31. The van der Waals surface area contributed by atoms with E-state index in [2.05, 4.69) is 32.6 Å². The molecule has 1 aliphatic heterocycles. The second-order valence-electron chi connectivity index (χ2n) is 6.63. The zero-order chi connectivity index (χ0) is 15.4. The van der Waals surface area contributed by atoms with Gasteiger partial charge in [0, 0.05) is 12.3 Å². The first-order valence-electron chi connectivity index (χ1n) is 7.40. The molecule has 118 valence electrons. The van der Waals surface area contributed by atoms with Crippen LogP contribution in [0.4, 0.5) is 4.79 Å². The summed E-state index contributed by atoms with van der Waals surface area (Å²) in [5.41, 5.74) is -0.686. The van der Waals surface area contributed by atoms with Crippen LogP contribution in [0.5, 0.6) is 0 Å². The van der Waals surface area contributed by atoms with E-state index in [4.69, 9.17) is 14.4 Å². The van der Waals surface area contributed by atoms with Gasteiger partial charge in [-0.05, 0) is 19.3 Å². The minimum Gasteiger partial charge on any atom is -0.427 e. The number of ether oxygens (including phenoxy) is 2. The molecule has 5 nitrogen and oxygen atoms in total. The van der Waals surface area contributed by atoms with Gasteiger partial charge < -0.3 is 9.47 Å². The average Bonchev–Trinajstić information content (AvgIpc) is 2.31. The van der Waals surface area contributed by atoms with Gasteiger partial charge in [-0.15, -0.1) is 0 Å². The third-order valence-electron chi connectivity index (χ3n) is 4.01. The molecule has 20 heavy (non-hydrogen) atoms. The summed E-state index contributed by atoms with van der Waals surface area (Å²) in [6, 6.07) is 0. The Morgan fingerprint density at radius 3 is 2.25 bits per heavy atom. The van der Waals surface area contributed by atoms with Crippen LogP contribution in [0.25, 0.3) is 0 Å². The number of hydrogen-bond acceptors (Lipinski definition) is 5. The van der Waals surface area contributed by atoms with E-state index in [9.17, 15) is 4.79 Å². The van der Waals surface area contributed by atoms with Gasteiger partial charge in [0.2, 0.25) is 0 Å². The lowest BCUT2D eigenvalue weighted by Gasteiger charge is -2.44. The average molecular weight is 288 g/mol. The highest BCUT2D eigenvalue weighted by atomic mass is 17.3. The van der Waals surface area contributed by atoms with Crippen LogP contribution in [-0.2, 0) is 19.2 Å². The van der Waals surface area contributed by atoms with E-state index in [1.54, 1.807) is 6.92 Å². The fourth-order valence-electron chi connectivity index (χ4n) is 2.45. The van der Waals surface area contributed by atoms with E-state index in [1.807, 2.05) is 6.92 Å². The Kier molecular flexibility index (Phi) is 5.44. The molecule has 1 rings (SSSR count). The minimum absolute atomic E-state index is 0.159. The van der Waals surface area contributed by atoms with Crippen LogP contribution in [-0.4, -0.2) is 24.2 Å². The van der Waals surface area contributed by atoms with E-state index in [0.29, 0.717) is 0 Å². The standard InChI is InChI=1S/C15H28O5/c1-7-9-10-15(8-2,13(3,4)5)19-12(16)18-14(6)11-17-20-14/h7-11H2,1-6H3. The zero-order valence-electron chi connectivity index (χ0n) is 13.6. The van der Waals surface area contributed by atoms with Crippen LogP contribution in [0.3, 0.4) is 0 Å². The first-order chi connectivity index (χ1) is 9.18. The van der Waals surface area contributed by atoms with Crippen molar-refractivity contribution in [2.45, 2.75) is 78.6 Å². The van der Waals surface area contributed by atoms with Crippen LogP contribution in [0.1, 0.15) is 67.2 Å². The van der Waals surface area contributed by atoms with Crippen molar-refractivity contribution in [3.8, 4) is 0 Å². The summed E-state index contributed by atoms with van der Waals surface area (Å²) in [5, 5.41) is 0. The Morgan fingerprint density at radius 1 is 1.30 bits per heavy atom. The van der Waals surface area contributed by atoms with Crippen LogP contribution in [0, 0.1) is 5.41 Å². The fourth-order valence-corrected chi connectivity index (χ4v) is 2.45. The van der Waals surface area contributed by atoms with Gasteiger partial charge in [-0.2, -0.15) is 4.89 Å². The molecule has 2 unspecified atom stereocenters. The molecule has 0 N–H and O–H groups in total. The van der Waals surface area contributed by atoms with E-state index in [0.717, 1.165) is 25.7 Å². The Hall–Kier alpha value is -0.810. The molecular formula is C15H28O5. The molecule has 0 saturated carbocycles. The molecular weight excluding hydrogens is 260 g/mol. The lowest BCUT2D eigenvalue weighted by atomic mass is 9.72. The summed E-state index contributed by atoms with van der Waals surface area (Å²) >= 11 is 0. The summed E-state index contributed by atoms with van der Waals surface area (Å²) < 4.78 is 10.9. The van der Waals surface area contributed by atoms with Crippen molar-refractivity contribution >= 4 is 6.16 Å². The molecule has 0 aromatic heterocycles. The molecule has 0 aromatic rings. The molecule has 1 saturated heterocycles. The molecule has 0 spiro atoms. The molecule has 1 heterocycles. The molecule has 1 fully saturated rings. The Labute approximate surface area is 121 Å². The minimum atomic E-state index is -1.01. The van der Waals surface area contributed by atoms with E-state index in [-0.39, 0.29) is 12.0 Å². The topological polar surface area (TPSA) is 54.0 Å². The zero-order valence-corrected chi connectivity index (χ0v) is 13.6. The Bertz CT molecular complexity index is 330. The molecule has 1 aliphatic rings. The van der Waals surface area contributed by atoms with Crippen molar-refractivity contribution < 1.29 is 24.0 Å². The smallest absolute Gasteiger partial charge is 0.427 e. The number of hydrogen-bond donors (Lipinski definition) is 0. The maximum absolute atomic E-state index is 12.1. The van der Waals surface area contributed by atoms with Gasteiger partial charge in [-0.3, -0.25) is 0 Å². The summed E-state index contributed by atoms with van der Waals surface area (Å²) in [5.74, 6) is -1.01. The molecule has 0 amide bonds. The SMILES string of the molecule is CCCCC(CC)(OC(=O)OC1(C)COO1)C(C)(C)C. The van der Waals surface area contributed by atoms with E-state index >= 15 is 0 Å². The van der Waals surface area contributed by atoms with Crippen molar-refractivity contribution in [2.24, 2.45) is 5.41 Å². The third-order valence-corrected chi connectivity index (χ3v) is 4.01. The van der Waals surface area contributed by atoms with Gasteiger partial charge in [0.05, 0.1) is 0 Å². The summed E-state index contributed by atoms with van der Waals surface area (Å²) in [7, 11) is 0. The molecule has 2 atom stereocenters. The molecule has 0 aromatic carbocycles. The molecule has 5 heteroatoms. The van der Waals surface area contributed by atoms with Crippen LogP contribution in [0.15, 0.2) is 0 Å².